The summed E-state index contributed by atoms with van der Waals surface area (Å²) in [5.41, 5.74) is 4.37. The third-order valence-electron chi connectivity index (χ3n) is 3.87. The van der Waals surface area contributed by atoms with Gasteiger partial charge in [-0.2, -0.15) is 0 Å². The number of hydrogen-bond donors (Lipinski definition) is 0. The zero-order valence-corrected chi connectivity index (χ0v) is 13.4. The molecular formula is C19H18O4. The van der Waals surface area contributed by atoms with Gasteiger partial charge in [0, 0.05) is 5.56 Å². The molecule has 0 saturated carbocycles. The molecule has 2 aromatic rings. The molecule has 0 unspecified atom stereocenters. The molecule has 23 heavy (non-hydrogen) atoms. The summed E-state index contributed by atoms with van der Waals surface area (Å²) in [4.78, 5) is 12.2. The van der Waals surface area contributed by atoms with Gasteiger partial charge < -0.3 is 14.2 Å². The molecule has 0 aromatic heterocycles. The lowest BCUT2D eigenvalue weighted by molar-refractivity contribution is -0.138. The summed E-state index contributed by atoms with van der Waals surface area (Å²) in [6.45, 7) is 2.26. The number of methoxy groups -OCH3 is 2. The highest BCUT2D eigenvalue weighted by Gasteiger charge is 2.25. The van der Waals surface area contributed by atoms with Crippen molar-refractivity contribution in [1.82, 2.24) is 0 Å². The zero-order valence-electron chi connectivity index (χ0n) is 13.4. The maximum Gasteiger partial charge on any atom is 0.339 e. The Kier molecular flexibility index (Phi) is 4.06. The number of esters is 1. The molecule has 0 fully saturated rings. The molecule has 1 aliphatic heterocycles. The third-order valence-corrected chi connectivity index (χ3v) is 3.87. The monoisotopic (exact) mass is 310 g/mol. The van der Waals surface area contributed by atoms with Crippen LogP contribution in [0.4, 0.5) is 0 Å². The first-order chi connectivity index (χ1) is 11.1. The fraction of sp³-hybridized carbons (Fsp3) is 0.211. The van der Waals surface area contributed by atoms with E-state index in [1.165, 1.54) is 5.56 Å². The van der Waals surface area contributed by atoms with Crippen molar-refractivity contribution < 1.29 is 19.0 Å². The Morgan fingerprint density at radius 3 is 2.35 bits per heavy atom. The Morgan fingerprint density at radius 2 is 1.70 bits per heavy atom. The molecule has 0 radical (unpaired) electrons. The van der Waals surface area contributed by atoms with Gasteiger partial charge in [-0.3, -0.25) is 0 Å². The molecule has 1 aliphatic rings. The van der Waals surface area contributed by atoms with Gasteiger partial charge in [-0.1, -0.05) is 29.8 Å². The zero-order chi connectivity index (χ0) is 16.4. The SMILES string of the molecule is COc1cc2c(cc1OC)/C(=C\c1ccc(C)cc1)C(=O)OC2. The number of aryl methyl sites for hydroxylation is 1. The second kappa shape index (κ2) is 6.16. The standard InChI is InChI=1S/C19H18O4/c1-12-4-6-13(7-5-12)8-16-15-10-18(22-3)17(21-2)9-14(15)11-23-19(16)20/h4-10H,11H2,1-3H3/b16-8+. The van der Waals surface area contributed by atoms with Gasteiger partial charge >= 0.3 is 5.97 Å². The first-order valence-electron chi connectivity index (χ1n) is 7.33. The molecule has 3 rings (SSSR count). The Morgan fingerprint density at radius 1 is 1.04 bits per heavy atom. The summed E-state index contributed by atoms with van der Waals surface area (Å²) < 4.78 is 15.9. The molecule has 0 N–H and O–H groups in total. The lowest BCUT2D eigenvalue weighted by Crippen LogP contribution is -2.15. The van der Waals surface area contributed by atoms with E-state index < -0.39 is 0 Å². The van der Waals surface area contributed by atoms with Crippen LogP contribution in [0.5, 0.6) is 11.5 Å². The summed E-state index contributed by atoms with van der Waals surface area (Å²) in [5, 5.41) is 0. The van der Waals surface area contributed by atoms with Crippen molar-refractivity contribution in [3.8, 4) is 11.5 Å². The van der Waals surface area contributed by atoms with Crippen molar-refractivity contribution >= 4 is 17.6 Å². The average Bonchev–Trinajstić information content (AvgIpc) is 2.58. The fourth-order valence-electron chi connectivity index (χ4n) is 2.59. The summed E-state index contributed by atoms with van der Waals surface area (Å²) in [6, 6.07) is 11.7. The number of rotatable bonds is 3. The van der Waals surface area contributed by atoms with Crippen LogP contribution in [0.3, 0.4) is 0 Å². The van der Waals surface area contributed by atoms with Crippen molar-refractivity contribution in [3.63, 3.8) is 0 Å². The van der Waals surface area contributed by atoms with E-state index in [0.717, 1.165) is 16.7 Å². The third kappa shape index (κ3) is 2.93. The van der Waals surface area contributed by atoms with Crippen molar-refractivity contribution in [1.29, 1.82) is 0 Å². The normalized spacial score (nSPS) is 15.1. The van der Waals surface area contributed by atoms with Gasteiger partial charge in [0.1, 0.15) is 6.61 Å². The first kappa shape index (κ1) is 15.2. The Labute approximate surface area is 135 Å². The molecule has 0 spiro atoms. The van der Waals surface area contributed by atoms with Crippen molar-refractivity contribution in [2.24, 2.45) is 0 Å². The number of fused-ring (bicyclic) bond motifs is 1. The predicted octanol–water partition coefficient (Wildman–Crippen LogP) is 3.61. The second-order valence-corrected chi connectivity index (χ2v) is 5.41. The van der Waals surface area contributed by atoms with Gasteiger partial charge in [0.25, 0.3) is 0 Å². The van der Waals surface area contributed by atoms with E-state index in [9.17, 15) is 4.79 Å². The van der Waals surface area contributed by atoms with E-state index in [4.69, 9.17) is 14.2 Å². The topological polar surface area (TPSA) is 44.8 Å². The quantitative estimate of drug-likeness (QED) is 0.642. The van der Waals surface area contributed by atoms with Crippen LogP contribution in [0, 0.1) is 6.92 Å². The first-order valence-corrected chi connectivity index (χ1v) is 7.33. The number of hydrogen-bond acceptors (Lipinski definition) is 4. The summed E-state index contributed by atoms with van der Waals surface area (Å²) >= 11 is 0. The Hall–Kier alpha value is -2.75. The molecule has 4 heteroatoms. The summed E-state index contributed by atoms with van der Waals surface area (Å²) in [7, 11) is 3.16. The van der Waals surface area contributed by atoms with Crippen LogP contribution in [-0.4, -0.2) is 20.2 Å². The largest absolute Gasteiger partial charge is 0.493 e. The van der Waals surface area contributed by atoms with Crippen LogP contribution >= 0.6 is 0 Å². The molecule has 0 bridgehead atoms. The molecule has 0 atom stereocenters. The fourth-order valence-corrected chi connectivity index (χ4v) is 2.59. The van der Waals surface area contributed by atoms with E-state index >= 15 is 0 Å². The van der Waals surface area contributed by atoms with E-state index in [-0.39, 0.29) is 12.6 Å². The highest BCUT2D eigenvalue weighted by molar-refractivity contribution is 6.22. The van der Waals surface area contributed by atoms with E-state index in [1.807, 2.05) is 49.4 Å². The van der Waals surface area contributed by atoms with E-state index in [1.54, 1.807) is 14.2 Å². The van der Waals surface area contributed by atoms with Crippen LogP contribution in [0.15, 0.2) is 36.4 Å². The van der Waals surface area contributed by atoms with Crippen LogP contribution < -0.4 is 9.47 Å². The molecule has 0 saturated heterocycles. The molecule has 2 aromatic carbocycles. The maximum atomic E-state index is 12.2. The minimum atomic E-state index is -0.328. The van der Waals surface area contributed by atoms with Crippen molar-refractivity contribution in [3.05, 3.63) is 58.7 Å². The van der Waals surface area contributed by atoms with Crippen molar-refractivity contribution in [2.45, 2.75) is 13.5 Å². The lowest BCUT2D eigenvalue weighted by Gasteiger charge is -2.21. The van der Waals surface area contributed by atoms with Crippen LogP contribution in [0.2, 0.25) is 0 Å². The minimum absolute atomic E-state index is 0.236. The number of cyclic esters (lactones) is 1. The van der Waals surface area contributed by atoms with Crippen LogP contribution in [0.25, 0.3) is 11.6 Å². The lowest BCUT2D eigenvalue weighted by atomic mass is 9.95. The van der Waals surface area contributed by atoms with Crippen LogP contribution in [0.1, 0.15) is 22.3 Å². The molecule has 4 nitrogen and oxygen atoms in total. The van der Waals surface area contributed by atoms with Gasteiger partial charge in [0.15, 0.2) is 11.5 Å². The molecule has 0 amide bonds. The van der Waals surface area contributed by atoms with Gasteiger partial charge in [-0.15, -0.1) is 0 Å². The second-order valence-electron chi connectivity index (χ2n) is 5.41. The van der Waals surface area contributed by atoms with Gasteiger partial charge in [0.05, 0.1) is 19.8 Å². The number of ether oxygens (including phenoxy) is 3. The van der Waals surface area contributed by atoms with Gasteiger partial charge in [0.2, 0.25) is 0 Å². The number of carbonyl (C=O) groups excluding carboxylic acids is 1. The summed E-state index contributed by atoms with van der Waals surface area (Å²) in [5.74, 6) is 0.889. The predicted molar refractivity (Wildman–Crippen MR) is 88.4 cm³/mol. The summed E-state index contributed by atoms with van der Waals surface area (Å²) in [6.07, 6.45) is 1.84. The number of benzene rings is 2. The van der Waals surface area contributed by atoms with Crippen molar-refractivity contribution in [2.75, 3.05) is 14.2 Å². The highest BCUT2D eigenvalue weighted by atomic mass is 16.5. The highest BCUT2D eigenvalue weighted by Crippen LogP contribution is 2.37. The van der Waals surface area contributed by atoms with Gasteiger partial charge in [-0.05, 0) is 36.3 Å². The maximum absolute atomic E-state index is 12.2. The number of carbonyl (C=O) groups is 1. The Balaban J connectivity index is 2.12. The minimum Gasteiger partial charge on any atom is -0.493 e. The van der Waals surface area contributed by atoms with Crippen LogP contribution in [-0.2, 0) is 16.1 Å². The Bertz CT molecular complexity index is 773. The molecular weight excluding hydrogens is 292 g/mol. The average molecular weight is 310 g/mol. The molecule has 118 valence electrons. The molecule has 0 aliphatic carbocycles. The molecule has 1 heterocycles. The smallest absolute Gasteiger partial charge is 0.339 e. The van der Waals surface area contributed by atoms with E-state index in [2.05, 4.69) is 0 Å². The van der Waals surface area contributed by atoms with E-state index in [0.29, 0.717) is 17.1 Å². The van der Waals surface area contributed by atoms with Gasteiger partial charge in [-0.25, -0.2) is 4.79 Å².